The van der Waals surface area contributed by atoms with Crippen LogP contribution in [-0.4, -0.2) is 36.6 Å². The van der Waals surface area contributed by atoms with Gasteiger partial charge in [0.25, 0.3) is 11.6 Å². The Hall–Kier alpha value is -2.49. The highest BCUT2D eigenvalue weighted by atomic mass is 35.5. The first-order valence-corrected chi connectivity index (χ1v) is 11.4. The molecule has 0 unspecified atom stereocenters. The topological polar surface area (TPSA) is 110 Å². The highest BCUT2D eigenvalue weighted by molar-refractivity contribution is 7.89. The molecule has 1 N–H and O–H groups in total. The summed E-state index contributed by atoms with van der Waals surface area (Å²) < 4.78 is 27.6. The lowest BCUT2D eigenvalue weighted by atomic mass is 10.1. The molecule has 8 nitrogen and oxygen atoms in total. The number of nitro groups is 1. The van der Waals surface area contributed by atoms with E-state index in [1.807, 2.05) is 0 Å². The second-order valence-electron chi connectivity index (χ2n) is 7.17. The molecule has 0 bridgehead atoms. The van der Waals surface area contributed by atoms with Gasteiger partial charge in [-0.25, -0.2) is 8.42 Å². The fourth-order valence-corrected chi connectivity index (χ4v) is 5.33. The van der Waals surface area contributed by atoms with Crippen LogP contribution in [0.15, 0.2) is 41.3 Å². The molecule has 1 amide bonds. The van der Waals surface area contributed by atoms with E-state index in [9.17, 15) is 23.3 Å². The predicted molar refractivity (Wildman–Crippen MR) is 114 cm³/mol. The third-order valence-electron chi connectivity index (χ3n) is 5.06. The number of nitro benzene ring substituents is 1. The summed E-state index contributed by atoms with van der Waals surface area (Å²) in [5, 5.41) is 13.7. The number of halogens is 1. The van der Waals surface area contributed by atoms with Crippen LogP contribution in [0.1, 0.15) is 41.6 Å². The van der Waals surface area contributed by atoms with Crippen molar-refractivity contribution in [1.29, 1.82) is 0 Å². The van der Waals surface area contributed by atoms with Crippen molar-refractivity contribution in [2.24, 2.45) is 0 Å². The molecule has 0 atom stereocenters. The maximum atomic E-state index is 13.1. The van der Waals surface area contributed by atoms with Crippen LogP contribution in [0.4, 0.5) is 11.4 Å². The van der Waals surface area contributed by atoms with Gasteiger partial charge in [0.15, 0.2) is 0 Å². The van der Waals surface area contributed by atoms with Gasteiger partial charge in [-0.3, -0.25) is 14.9 Å². The van der Waals surface area contributed by atoms with E-state index in [4.69, 9.17) is 11.6 Å². The van der Waals surface area contributed by atoms with Crippen molar-refractivity contribution in [2.75, 3.05) is 18.4 Å². The molecule has 3 rings (SSSR count). The highest BCUT2D eigenvalue weighted by Gasteiger charge is 2.28. The van der Waals surface area contributed by atoms with E-state index < -0.39 is 20.9 Å². The van der Waals surface area contributed by atoms with Gasteiger partial charge in [-0.2, -0.15) is 4.31 Å². The van der Waals surface area contributed by atoms with E-state index in [0.717, 1.165) is 25.7 Å². The predicted octanol–water partition coefficient (Wildman–Crippen LogP) is 4.37. The number of aryl methyl sites for hydroxylation is 1. The summed E-state index contributed by atoms with van der Waals surface area (Å²) in [7, 11) is -3.84. The minimum Gasteiger partial charge on any atom is -0.321 e. The number of nitrogens with one attached hydrogen (secondary N) is 1. The summed E-state index contributed by atoms with van der Waals surface area (Å²) in [6.45, 7) is 2.54. The number of non-ortho nitro benzene ring substituents is 1. The first-order valence-electron chi connectivity index (χ1n) is 9.56. The smallest absolute Gasteiger partial charge is 0.271 e. The maximum Gasteiger partial charge on any atom is 0.271 e. The summed E-state index contributed by atoms with van der Waals surface area (Å²) in [6, 6.07) is 8.19. The van der Waals surface area contributed by atoms with Crippen LogP contribution in [0.5, 0.6) is 0 Å². The number of nitrogens with zero attached hydrogens (tertiary/aromatic N) is 2. The van der Waals surface area contributed by atoms with Crippen LogP contribution in [0, 0.1) is 17.0 Å². The summed E-state index contributed by atoms with van der Waals surface area (Å²) in [5.74, 6) is -0.581. The molecule has 1 fully saturated rings. The second-order valence-corrected chi connectivity index (χ2v) is 9.49. The van der Waals surface area contributed by atoms with Crippen LogP contribution >= 0.6 is 11.6 Å². The molecule has 160 valence electrons. The quantitative estimate of drug-likeness (QED) is 0.536. The lowest BCUT2D eigenvalue weighted by Crippen LogP contribution is -2.32. The number of rotatable bonds is 5. The van der Waals surface area contributed by atoms with Crippen molar-refractivity contribution < 1.29 is 18.1 Å². The molecule has 0 radical (unpaired) electrons. The van der Waals surface area contributed by atoms with Crippen molar-refractivity contribution in [1.82, 2.24) is 4.31 Å². The van der Waals surface area contributed by atoms with E-state index in [2.05, 4.69) is 5.32 Å². The SMILES string of the molecule is Cc1ccc([N+](=O)[O-])cc1NC(=O)c1ccc(Cl)c(S(=O)(=O)N2CCCCCC2)c1. The van der Waals surface area contributed by atoms with Crippen molar-refractivity contribution >= 4 is 38.9 Å². The van der Waals surface area contributed by atoms with Crippen LogP contribution in [0.2, 0.25) is 5.02 Å². The Kier molecular flexibility index (Phi) is 6.74. The molecule has 0 aliphatic carbocycles. The fraction of sp³-hybridized carbons (Fsp3) is 0.350. The summed E-state index contributed by atoms with van der Waals surface area (Å²) >= 11 is 6.17. The Labute approximate surface area is 180 Å². The van der Waals surface area contributed by atoms with Gasteiger partial charge in [-0.1, -0.05) is 30.5 Å². The number of amides is 1. The number of anilines is 1. The van der Waals surface area contributed by atoms with Gasteiger partial charge in [0.2, 0.25) is 10.0 Å². The molecule has 0 spiro atoms. The molecular weight excluding hydrogens is 430 g/mol. The highest BCUT2D eigenvalue weighted by Crippen LogP contribution is 2.28. The molecule has 10 heteroatoms. The molecule has 1 aliphatic heterocycles. The minimum atomic E-state index is -3.84. The maximum absolute atomic E-state index is 13.1. The minimum absolute atomic E-state index is 0.0438. The van der Waals surface area contributed by atoms with Crippen molar-refractivity contribution in [3.8, 4) is 0 Å². The molecular formula is C20H22ClN3O5S. The fourth-order valence-electron chi connectivity index (χ4n) is 3.32. The standard InChI is InChI=1S/C20H22ClN3O5S/c1-14-6-8-16(24(26)27)13-18(14)22-20(25)15-7-9-17(21)19(12-15)30(28,29)23-10-4-2-3-5-11-23/h6-9,12-13H,2-5,10-11H2,1H3,(H,22,25). The van der Waals surface area contributed by atoms with E-state index in [0.29, 0.717) is 18.7 Å². The Morgan fingerprint density at radius 1 is 1.10 bits per heavy atom. The largest absolute Gasteiger partial charge is 0.321 e. The van der Waals surface area contributed by atoms with Gasteiger partial charge in [-0.05, 0) is 43.5 Å². The third-order valence-corrected chi connectivity index (χ3v) is 7.44. The number of sulfonamides is 1. The molecule has 2 aromatic rings. The summed E-state index contributed by atoms with van der Waals surface area (Å²) in [4.78, 5) is 23.1. The Morgan fingerprint density at radius 2 is 1.77 bits per heavy atom. The Morgan fingerprint density at radius 3 is 2.40 bits per heavy atom. The Balaban J connectivity index is 1.90. The van der Waals surface area contributed by atoms with Gasteiger partial charge in [-0.15, -0.1) is 0 Å². The van der Waals surface area contributed by atoms with E-state index in [1.165, 1.54) is 40.7 Å². The number of carbonyl (C=O) groups excluding carboxylic acids is 1. The van der Waals surface area contributed by atoms with E-state index in [1.54, 1.807) is 6.92 Å². The zero-order valence-electron chi connectivity index (χ0n) is 16.4. The summed E-state index contributed by atoms with van der Waals surface area (Å²) in [6.07, 6.45) is 3.52. The molecule has 0 aromatic heterocycles. The van der Waals surface area contributed by atoms with Crippen LogP contribution < -0.4 is 5.32 Å². The monoisotopic (exact) mass is 451 g/mol. The average molecular weight is 452 g/mol. The molecule has 2 aromatic carbocycles. The van der Waals surface area contributed by atoms with E-state index in [-0.39, 0.29) is 26.9 Å². The van der Waals surface area contributed by atoms with Crippen LogP contribution in [-0.2, 0) is 10.0 Å². The third kappa shape index (κ3) is 4.80. The molecule has 30 heavy (non-hydrogen) atoms. The van der Waals surface area contributed by atoms with Crippen molar-refractivity contribution in [3.63, 3.8) is 0 Å². The van der Waals surface area contributed by atoms with Gasteiger partial charge in [0.1, 0.15) is 4.90 Å². The normalized spacial score (nSPS) is 15.4. The van der Waals surface area contributed by atoms with Gasteiger partial charge >= 0.3 is 0 Å². The van der Waals surface area contributed by atoms with Gasteiger partial charge < -0.3 is 5.32 Å². The molecule has 1 saturated heterocycles. The number of hydrogen-bond acceptors (Lipinski definition) is 5. The van der Waals surface area contributed by atoms with Gasteiger partial charge in [0.05, 0.1) is 15.6 Å². The Bertz CT molecular complexity index is 1080. The molecule has 0 saturated carbocycles. The lowest BCUT2D eigenvalue weighted by Gasteiger charge is -2.21. The average Bonchev–Trinajstić information content (AvgIpc) is 2.99. The molecule has 1 aliphatic rings. The number of carbonyl (C=O) groups is 1. The zero-order valence-corrected chi connectivity index (χ0v) is 18.0. The number of benzene rings is 2. The molecule has 1 heterocycles. The first-order chi connectivity index (χ1) is 14.2. The van der Waals surface area contributed by atoms with Crippen LogP contribution in [0.25, 0.3) is 0 Å². The first kappa shape index (κ1) is 22.2. The van der Waals surface area contributed by atoms with Gasteiger partial charge in [0, 0.05) is 30.8 Å². The second kappa shape index (κ2) is 9.11. The van der Waals surface area contributed by atoms with E-state index >= 15 is 0 Å². The number of hydrogen-bond donors (Lipinski definition) is 1. The van der Waals surface area contributed by atoms with Crippen molar-refractivity contribution in [3.05, 3.63) is 62.7 Å². The van der Waals surface area contributed by atoms with Crippen LogP contribution in [0.3, 0.4) is 0 Å². The summed E-state index contributed by atoms with van der Waals surface area (Å²) in [5.41, 5.74) is 0.858. The van der Waals surface area contributed by atoms with Crippen molar-refractivity contribution in [2.45, 2.75) is 37.5 Å². The lowest BCUT2D eigenvalue weighted by molar-refractivity contribution is -0.384. The zero-order chi connectivity index (χ0) is 21.9.